The summed E-state index contributed by atoms with van der Waals surface area (Å²) in [5, 5.41) is 3.81. The predicted octanol–water partition coefficient (Wildman–Crippen LogP) is 3.20. The van der Waals surface area contributed by atoms with Gasteiger partial charge in [0.2, 0.25) is 5.91 Å². The average Bonchev–Trinajstić information content (AvgIpc) is 2.53. The monoisotopic (exact) mass is 331 g/mol. The van der Waals surface area contributed by atoms with Gasteiger partial charge in [0.15, 0.2) is 0 Å². The highest BCUT2D eigenvalue weighted by Gasteiger charge is 2.15. The molecule has 1 aromatic carbocycles. The fourth-order valence-electron chi connectivity index (χ4n) is 2.52. The van der Waals surface area contributed by atoms with Crippen molar-refractivity contribution < 1.29 is 13.9 Å². The van der Waals surface area contributed by atoms with Crippen LogP contribution >= 0.6 is 0 Å². The van der Waals surface area contributed by atoms with E-state index in [2.05, 4.69) is 19.2 Å². The van der Waals surface area contributed by atoms with E-state index in [4.69, 9.17) is 9.15 Å². The van der Waals surface area contributed by atoms with E-state index in [0.29, 0.717) is 29.2 Å². The zero-order chi connectivity index (χ0) is 17.9. The molecular weight excluding hydrogens is 306 g/mol. The number of methoxy groups -OCH3 is 1. The molecule has 0 saturated carbocycles. The molecule has 5 nitrogen and oxygen atoms in total. The lowest BCUT2D eigenvalue weighted by Gasteiger charge is -2.17. The van der Waals surface area contributed by atoms with Crippen LogP contribution < -0.4 is 15.7 Å². The normalized spacial score (nSPS) is 12.4. The molecule has 1 amide bonds. The van der Waals surface area contributed by atoms with Crippen molar-refractivity contribution in [3.05, 3.63) is 39.7 Å². The van der Waals surface area contributed by atoms with Gasteiger partial charge in [-0.1, -0.05) is 13.8 Å². The van der Waals surface area contributed by atoms with Crippen LogP contribution in [0.2, 0.25) is 0 Å². The van der Waals surface area contributed by atoms with Crippen molar-refractivity contribution in [1.29, 1.82) is 0 Å². The van der Waals surface area contributed by atoms with Crippen LogP contribution in [-0.4, -0.2) is 19.1 Å². The molecule has 0 radical (unpaired) electrons. The van der Waals surface area contributed by atoms with E-state index >= 15 is 0 Å². The summed E-state index contributed by atoms with van der Waals surface area (Å²) >= 11 is 0. The molecule has 0 aliphatic heterocycles. The average molecular weight is 331 g/mol. The van der Waals surface area contributed by atoms with Crippen LogP contribution in [0.25, 0.3) is 11.0 Å². The zero-order valence-electron chi connectivity index (χ0n) is 14.9. The van der Waals surface area contributed by atoms with E-state index < -0.39 is 5.63 Å². The molecular formula is C19H25NO4. The maximum absolute atomic E-state index is 12.3. The molecule has 0 bridgehead atoms. The first-order valence-corrected chi connectivity index (χ1v) is 8.23. The maximum atomic E-state index is 12.3. The lowest BCUT2D eigenvalue weighted by atomic mass is 10.0. The van der Waals surface area contributed by atoms with E-state index in [9.17, 15) is 9.59 Å². The summed E-state index contributed by atoms with van der Waals surface area (Å²) in [7, 11) is 1.57. The third-order valence-corrected chi connectivity index (χ3v) is 4.49. The van der Waals surface area contributed by atoms with E-state index in [1.807, 2.05) is 26.0 Å². The zero-order valence-corrected chi connectivity index (χ0v) is 14.9. The molecule has 1 heterocycles. The molecule has 0 aliphatic rings. The van der Waals surface area contributed by atoms with E-state index in [-0.39, 0.29) is 18.4 Å². The van der Waals surface area contributed by atoms with Gasteiger partial charge in [-0.2, -0.15) is 0 Å². The van der Waals surface area contributed by atoms with Crippen LogP contribution in [0, 0.1) is 12.8 Å². The Morgan fingerprint density at radius 1 is 1.29 bits per heavy atom. The van der Waals surface area contributed by atoms with Crippen LogP contribution in [-0.2, 0) is 11.2 Å². The number of carbonyl (C=O) groups is 1. The number of amides is 1. The number of benzene rings is 1. The van der Waals surface area contributed by atoms with Gasteiger partial charge in [-0.3, -0.25) is 4.79 Å². The van der Waals surface area contributed by atoms with Crippen molar-refractivity contribution in [2.45, 2.75) is 46.6 Å². The van der Waals surface area contributed by atoms with Gasteiger partial charge >= 0.3 is 5.63 Å². The van der Waals surface area contributed by atoms with Gasteiger partial charge in [-0.05, 0) is 43.9 Å². The van der Waals surface area contributed by atoms with Gasteiger partial charge in [0.05, 0.1) is 7.11 Å². The lowest BCUT2D eigenvalue weighted by molar-refractivity contribution is -0.121. The molecule has 1 unspecified atom stereocenters. The number of hydrogen-bond acceptors (Lipinski definition) is 4. The molecule has 0 fully saturated rings. The largest absolute Gasteiger partial charge is 0.497 e. The van der Waals surface area contributed by atoms with Crippen molar-refractivity contribution >= 4 is 16.9 Å². The van der Waals surface area contributed by atoms with E-state index in [1.165, 1.54) is 0 Å². The van der Waals surface area contributed by atoms with Crippen molar-refractivity contribution in [1.82, 2.24) is 5.32 Å². The Kier molecular flexibility index (Phi) is 5.65. The topological polar surface area (TPSA) is 68.5 Å². The second-order valence-corrected chi connectivity index (χ2v) is 6.46. The van der Waals surface area contributed by atoms with Crippen LogP contribution in [0.15, 0.2) is 27.4 Å². The van der Waals surface area contributed by atoms with Gasteiger partial charge in [0.1, 0.15) is 11.3 Å². The number of aryl methyl sites for hydroxylation is 1. The molecule has 1 atom stereocenters. The first kappa shape index (κ1) is 18.0. The first-order valence-electron chi connectivity index (χ1n) is 8.23. The van der Waals surface area contributed by atoms with Crippen molar-refractivity contribution in [3.63, 3.8) is 0 Å². The van der Waals surface area contributed by atoms with Crippen molar-refractivity contribution in [2.24, 2.45) is 5.92 Å². The molecule has 0 aliphatic carbocycles. The molecule has 2 rings (SSSR count). The fourth-order valence-corrected chi connectivity index (χ4v) is 2.52. The quantitative estimate of drug-likeness (QED) is 0.825. The third kappa shape index (κ3) is 3.96. The molecule has 0 saturated heterocycles. The van der Waals surface area contributed by atoms with E-state index in [0.717, 1.165) is 10.9 Å². The molecule has 1 aromatic heterocycles. The molecule has 0 spiro atoms. The highest BCUT2D eigenvalue weighted by Crippen LogP contribution is 2.24. The molecule has 2 aromatic rings. The molecule has 24 heavy (non-hydrogen) atoms. The van der Waals surface area contributed by atoms with Crippen LogP contribution in [0.5, 0.6) is 5.75 Å². The number of nitrogens with one attached hydrogen (secondary N) is 1. The van der Waals surface area contributed by atoms with Gasteiger partial charge in [-0.15, -0.1) is 0 Å². The van der Waals surface area contributed by atoms with Crippen LogP contribution in [0.3, 0.4) is 0 Å². The number of rotatable bonds is 6. The Labute approximate surface area is 142 Å². The lowest BCUT2D eigenvalue weighted by Crippen LogP contribution is -2.36. The van der Waals surface area contributed by atoms with Crippen LogP contribution in [0.4, 0.5) is 0 Å². The molecule has 5 heteroatoms. The standard InChI is InChI=1S/C19H25NO4/c1-11(2)13(4)20-18(21)9-8-16-12(3)15-7-6-14(23-5)10-17(15)24-19(16)22/h6-7,10-11,13H,8-9H2,1-5H3,(H,20,21). The summed E-state index contributed by atoms with van der Waals surface area (Å²) < 4.78 is 10.6. The minimum Gasteiger partial charge on any atom is -0.497 e. The smallest absolute Gasteiger partial charge is 0.339 e. The minimum atomic E-state index is -0.391. The molecule has 130 valence electrons. The van der Waals surface area contributed by atoms with Gasteiger partial charge in [-0.25, -0.2) is 4.79 Å². The Morgan fingerprint density at radius 2 is 2.00 bits per heavy atom. The fraction of sp³-hybridized carbons (Fsp3) is 0.474. The third-order valence-electron chi connectivity index (χ3n) is 4.49. The summed E-state index contributed by atoms with van der Waals surface area (Å²) in [6.07, 6.45) is 0.636. The number of hydrogen-bond donors (Lipinski definition) is 1. The van der Waals surface area contributed by atoms with Crippen molar-refractivity contribution in [2.75, 3.05) is 7.11 Å². The predicted molar refractivity (Wildman–Crippen MR) is 94.5 cm³/mol. The minimum absolute atomic E-state index is 0.0511. The van der Waals surface area contributed by atoms with Gasteiger partial charge < -0.3 is 14.5 Å². The summed E-state index contributed by atoms with van der Waals surface area (Å²) in [5.41, 5.74) is 1.52. The van der Waals surface area contributed by atoms with Crippen molar-refractivity contribution in [3.8, 4) is 5.75 Å². The first-order chi connectivity index (χ1) is 11.3. The second-order valence-electron chi connectivity index (χ2n) is 6.46. The second kappa shape index (κ2) is 7.51. The number of ether oxygens (including phenoxy) is 1. The van der Waals surface area contributed by atoms with Gasteiger partial charge in [0.25, 0.3) is 0 Å². The Hall–Kier alpha value is -2.30. The molecule has 1 N–H and O–H groups in total. The maximum Gasteiger partial charge on any atom is 0.339 e. The van der Waals surface area contributed by atoms with Crippen LogP contribution in [0.1, 0.15) is 38.3 Å². The summed E-state index contributed by atoms with van der Waals surface area (Å²) in [5.74, 6) is 0.959. The Balaban J connectivity index is 2.20. The van der Waals surface area contributed by atoms with E-state index in [1.54, 1.807) is 13.2 Å². The number of carbonyl (C=O) groups excluding carboxylic acids is 1. The Morgan fingerprint density at radius 3 is 2.62 bits per heavy atom. The summed E-state index contributed by atoms with van der Waals surface area (Å²) in [4.78, 5) is 24.3. The summed E-state index contributed by atoms with van der Waals surface area (Å²) in [6, 6.07) is 5.51. The number of fused-ring (bicyclic) bond motifs is 1. The highest BCUT2D eigenvalue weighted by molar-refractivity contribution is 5.82. The van der Waals surface area contributed by atoms with Gasteiger partial charge in [0, 0.05) is 29.5 Å². The SMILES string of the molecule is COc1ccc2c(C)c(CCC(=O)NC(C)C(C)C)c(=O)oc2c1. The summed E-state index contributed by atoms with van der Waals surface area (Å²) in [6.45, 7) is 7.98. The highest BCUT2D eigenvalue weighted by atomic mass is 16.5. The Bertz CT molecular complexity index is 792.